The molecular formula is C15H25NO. The molecule has 1 aromatic rings. The van der Waals surface area contributed by atoms with Gasteiger partial charge in [0, 0.05) is 11.8 Å². The van der Waals surface area contributed by atoms with Gasteiger partial charge in [0.15, 0.2) is 0 Å². The van der Waals surface area contributed by atoms with Crippen molar-refractivity contribution in [2.45, 2.75) is 59.3 Å². The normalized spacial score (nSPS) is 11.6. The Morgan fingerprint density at radius 2 is 1.41 bits per heavy atom. The fourth-order valence-electron chi connectivity index (χ4n) is 2.36. The van der Waals surface area contributed by atoms with Crippen molar-refractivity contribution in [2.75, 3.05) is 7.11 Å². The van der Waals surface area contributed by atoms with E-state index in [4.69, 9.17) is 4.74 Å². The van der Waals surface area contributed by atoms with Crippen LogP contribution in [0.4, 0.5) is 0 Å². The van der Waals surface area contributed by atoms with E-state index in [1.807, 2.05) is 6.20 Å². The Morgan fingerprint density at radius 1 is 0.882 bits per heavy atom. The van der Waals surface area contributed by atoms with Gasteiger partial charge in [-0.25, -0.2) is 4.98 Å². The van der Waals surface area contributed by atoms with E-state index in [-0.39, 0.29) is 0 Å². The zero-order valence-corrected chi connectivity index (χ0v) is 12.2. The fraction of sp³-hybridized carbons (Fsp3) is 0.667. The van der Waals surface area contributed by atoms with Crippen molar-refractivity contribution in [2.24, 2.45) is 0 Å². The molecule has 0 saturated heterocycles. The van der Waals surface area contributed by atoms with Gasteiger partial charge in [-0.3, -0.25) is 0 Å². The molecule has 2 heteroatoms. The smallest absolute Gasteiger partial charge is 0.216 e. The number of rotatable bonds is 4. The van der Waals surface area contributed by atoms with Gasteiger partial charge in [0.1, 0.15) is 0 Å². The second-order valence-electron chi connectivity index (χ2n) is 5.51. The maximum atomic E-state index is 5.42. The number of methoxy groups -OCH3 is 1. The summed E-state index contributed by atoms with van der Waals surface area (Å²) in [7, 11) is 1.70. The zero-order valence-electron chi connectivity index (χ0n) is 12.2. The van der Waals surface area contributed by atoms with Crippen LogP contribution >= 0.6 is 0 Å². The Labute approximate surface area is 105 Å². The molecule has 1 rings (SSSR count). The molecule has 2 nitrogen and oxygen atoms in total. The van der Waals surface area contributed by atoms with Crippen LogP contribution in [0.1, 0.15) is 76.0 Å². The van der Waals surface area contributed by atoms with Crippen molar-refractivity contribution < 1.29 is 4.74 Å². The third-order valence-corrected chi connectivity index (χ3v) is 3.12. The Morgan fingerprint density at radius 3 is 1.76 bits per heavy atom. The number of ether oxygens (including phenoxy) is 1. The molecule has 0 aliphatic carbocycles. The first-order valence-electron chi connectivity index (χ1n) is 6.46. The lowest BCUT2D eigenvalue weighted by Crippen LogP contribution is -2.09. The van der Waals surface area contributed by atoms with E-state index in [9.17, 15) is 0 Å². The van der Waals surface area contributed by atoms with Crippen LogP contribution in [0.2, 0.25) is 0 Å². The first-order chi connectivity index (χ1) is 7.90. The average molecular weight is 235 g/mol. The summed E-state index contributed by atoms with van der Waals surface area (Å²) in [5, 5.41) is 0. The molecule has 17 heavy (non-hydrogen) atoms. The minimum absolute atomic E-state index is 0.438. The van der Waals surface area contributed by atoms with Gasteiger partial charge in [-0.2, -0.15) is 0 Å². The summed E-state index contributed by atoms with van der Waals surface area (Å²) in [4.78, 5) is 4.46. The van der Waals surface area contributed by atoms with Crippen LogP contribution in [-0.4, -0.2) is 12.1 Å². The van der Waals surface area contributed by atoms with E-state index in [0.717, 1.165) is 5.88 Å². The van der Waals surface area contributed by atoms with Gasteiger partial charge < -0.3 is 4.74 Å². The summed E-state index contributed by atoms with van der Waals surface area (Å²) in [6.45, 7) is 13.3. The minimum Gasteiger partial charge on any atom is -0.481 e. The van der Waals surface area contributed by atoms with Crippen molar-refractivity contribution in [1.29, 1.82) is 0 Å². The molecule has 0 unspecified atom stereocenters. The minimum atomic E-state index is 0.438. The number of hydrogen-bond donors (Lipinski definition) is 0. The highest BCUT2D eigenvalue weighted by Gasteiger charge is 2.21. The summed E-state index contributed by atoms with van der Waals surface area (Å²) in [5.41, 5.74) is 4.04. The largest absolute Gasteiger partial charge is 0.481 e. The lowest BCUT2D eigenvalue weighted by atomic mass is 9.85. The lowest BCUT2D eigenvalue weighted by molar-refractivity contribution is 0.388. The van der Waals surface area contributed by atoms with Gasteiger partial charge in [0.2, 0.25) is 5.88 Å². The van der Waals surface area contributed by atoms with Crippen LogP contribution in [0.5, 0.6) is 5.88 Å². The van der Waals surface area contributed by atoms with Gasteiger partial charge in [-0.15, -0.1) is 0 Å². The Bertz CT molecular complexity index is 381. The third kappa shape index (κ3) is 2.80. The highest BCUT2D eigenvalue weighted by molar-refractivity contribution is 5.45. The molecule has 0 atom stereocenters. The lowest BCUT2D eigenvalue weighted by Gasteiger charge is -2.23. The second kappa shape index (κ2) is 5.52. The van der Waals surface area contributed by atoms with Crippen LogP contribution in [0.3, 0.4) is 0 Å². The van der Waals surface area contributed by atoms with E-state index in [1.54, 1.807) is 7.11 Å². The van der Waals surface area contributed by atoms with E-state index in [2.05, 4.69) is 46.5 Å². The van der Waals surface area contributed by atoms with Crippen molar-refractivity contribution in [1.82, 2.24) is 4.98 Å². The number of nitrogens with zero attached hydrogens (tertiary/aromatic N) is 1. The van der Waals surface area contributed by atoms with Crippen molar-refractivity contribution in [3.05, 3.63) is 22.9 Å². The Kier molecular flexibility index (Phi) is 4.55. The Balaban J connectivity index is 3.53. The maximum Gasteiger partial charge on any atom is 0.216 e. The molecule has 0 aliphatic rings. The fourth-order valence-corrected chi connectivity index (χ4v) is 2.36. The van der Waals surface area contributed by atoms with Gasteiger partial charge >= 0.3 is 0 Å². The van der Waals surface area contributed by atoms with E-state index in [0.29, 0.717) is 17.8 Å². The summed E-state index contributed by atoms with van der Waals surface area (Å²) >= 11 is 0. The van der Waals surface area contributed by atoms with Crippen molar-refractivity contribution >= 4 is 0 Å². The second-order valence-corrected chi connectivity index (χ2v) is 5.51. The first-order valence-corrected chi connectivity index (χ1v) is 6.46. The molecule has 1 heterocycles. The van der Waals surface area contributed by atoms with Gasteiger partial charge in [-0.1, -0.05) is 41.5 Å². The predicted molar refractivity (Wildman–Crippen MR) is 73.1 cm³/mol. The number of aromatic nitrogens is 1. The van der Waals surface area contributed by atoms with Crippen LogP contribution < -0.4 is 4.74 Å². The molecule has 0 fully saturated rings. The standard InChI is InChI=1S/C15H25NO/c1-9(2)12-8-16-15(17-7)14(11(5)6)13(12)10(3)4/h8-11H,1-7H3. The maximum absolute atomic E-state index is 5.42. The summed E-state index contributed by atoms with van der Waals surface area (Å²) in [5.74, 6) is 2.23. The topological polar surface area (TPSA) is 22.1 Å². The summed E-state index contributed by atoms with van der Waals surface area (Å²) in [6, 6.07) is 0. The predicted octanol–water partition coefficient (Wildman–Crippen LogP) is 4.46. The third-order valence-electron chi connectivity index (χ3n) is 3.12. The van der Waals surface area contributed by atoms with Gasteiger partial charge in [0.25, 0.3) is 0 Å². The zero-order chi connectivity index (χ0) is 13.2. The van der Waals surface area contributed by atoms with Crippen LogP contribution in [0, 0.1) is 0 Å². The molecule has 0 aliphatic heterocycles. The molecule has 96 valence electrons. The van der Waals surface area contributed by atoms with Gasteiger partial charge in [0.05, 0.1) is 7.11 Å². The summed E-state index contributed by atoms with van der Waals surface area (Å²) in [6.07, 6.45) is 1.98. The molecule has 0 radical (unpaired) electrons. The molecule has 1 aromatic heterocycles. The molecule has 0 saturated carbocycles. The van der Waals surface area contributed by atoms with Crippen molar-refractivity contribution in [3.63, 3.8) is 0 Å². The molecule has 0 spiro atoms. The molecule has 0 amide bonds. The monoisotopic (exact) mass is 235 g/mol. The van der Waals surface area contributed by atoms with Crippen molar-refractivity contribution in [3.8, 4) is 5.88 Å². The van der Waals surface area contributed by atoms with E-state index < -0.39 is 0 Å². The highest BCUT2D eigenvalue weighted by Crippen LogP contribution is 2.37. The molecule has 0 bridgehead atoms. The summed E-state index contributed by atoms with van der Waals surface area (Å²) < 4.78 is 5.42. The molecular weight excluding hydrogens is 210 g/mol. The van der Waals surface area contributed by atoms with Gasteiger partial charge in [-0.05, 0) is 28.9 Å². The number of hydrogen-bond acceptors (Lipinski definition) is 2. The molecule has 0 N–H and O–H groups in total. The van der Waals surface area contributed by atoms with E-state index in [1.165, 1.54) is 16.7 Å². The van der Waals surface area contributed by atoms with E-state index >= 15 is 0 Å². The van der Waals surface area contributed by atoms with Crippen LogP contribution in [0.25, 0.3) is 0 Å². The quantitative estimate of drug-likeness (QED) is 0.768. The first kappa shape index (κ1) is 14.0. The SMILES string of the molecule is COc1ncc(C(C)C)c(C(C)C)c1C(C)C. The average Bonchev–Trinajstić information content (AvgIpc) is 2.26. The molecule has 0 aromatic carbocycles. The number of pyridine rings is 1. The highest BCUT2D eigenvalue weighted by atomic mass is 16.5. The van der Waals surface area contributed by atoms with Crippen LogP contribution in [0.15, 0.2) is 6.20 Å². The Hall–Kier alpha value is -1.05. The van der Waals surface area contributed by atoms with Crippen LogP contribution in [-0.2, 0) is 0 Å².